The maximum atomic E-state index is 11.7. The van der Waals surface area contributed by atoms with Crippen molar-refractivity contribution in [3.8, 4) is 0 Å². The van der Waals surface area contributed by atoms with E-state index in [1.807, 2.05) is 24.3 Å². The van der Waals surface area contributed by atoms with Crippen molar-refractivity contribution in [1.82, 2.24) is 0 Å². The molecule has 2 rings (SSSR count). The normalized spacial score (nSPS) is 16.9. The number of benzene rings is 1. The Bertz CT molecular complexity index is 579. The van der Waals surface area contributed by atoms with Crippen LogP contribution in [0.1, 0.15) is 30.9 Å². The summed E-state index contributed by atoms with van der Waals surface area (Å²) in [5.41, 5.74) is 1.33. The Morgan fingerprint density at radius 1 is 1.25 bits per heavy atom. The Kier molecular flexibility index (Phi) is 4.18. The highest BCUT2D eigenvalue weighted by Gasteiger charge is 2.43. The van der Waals surface area contributed by atoms with Crippen LogP contribution in [0.4, 0.5) is 0 Å². The summed E-state index contributed by atoms with van der Waals surface area (Å²) in [7, 11) is -3.02. The van der Waals surface area contributed by atoms with E-state index in [2.05, 4.69) is 0 Å². The minimum absolute atomic E-state index is 0.0782. The van der Waals surface area contributed by atoms with Crippen molar-refractivity contribution in [3.63, 3.8) is 0 Å². The van der Waals surface area contributed by atoms with E-state index in [9.17, 15) is 18.3 Å². The molecule has 0 atom stereocenters. The lowest BCUT2D eigenvalue weighted by molar-refractivity contribution is -0.148. The fourth-order valence-electron chi connectivity index (χ4n) is 2.90. The topological polar surface area (TPSA) is 71.4 Å². The number of carboxylic acids is 1. The van der Waals surface area contributed by atoms with E-state index in [-0.39, 0.29) is 11.5 Å². The van der Waals surface area contributed by atoms with Crippen LogP contribution in [0, 0.1) is 5.41 Å². The summed E-state index contributed by atoms with van der Waals surface area (Å²) in [6.07, 6.45) is 1.84. The van der Waals surface area contributed by atoms with Gasteiger partial charge >= 0.3 is 5.97 Å². The highest BCUT2D eigenvalue weighted by Crippen LogP contribution is 2.40. The third-order valence-electron chi connectivity index (χ3n) is 4.18. The second-order valence-corrected chi connectivity index (χ2v) is 8.02. The van der Waals surface area contributed by atoms with Gasteiger partial charge in [0.25, 0.3) is 0 Å². The largest absolute Gasteiger partial charge is 0.481 e. The minimum Gasteiger partial charge on any atom is -0.481 e. The molecule has 110 valence electrons. The summed E-state index contributed by atoms with van der Waals surface area (Å²) >= 11 is 0. The van der Waals surface area contributed by atoms with E-state index < -0.39 is 21.2 Å². The molecule has 0 amide bonds. The number of fused-ring (bicyclic) bond motifs is 1. The van der Waals surface area contributed by atoms with Gasteiger partial charge in [0, 0.05) is 5.75 Å². The molecule has 0 fully saturated rings. The molecule has 0 spiro atoms. The van der Waals surface area contributed by atoms with Gasteiger partial charge in [-0.05, 0) is 36.8 Å². The average Bonchev–Trinajstić information content (AvgIpc) is 2.78. The first-order valence-electron chi connectivity index (χ1n) is 6.89. The van der Waals surface area contributed by atoms with Gasteiger partial charge in [0.15, 0.2) is 0 Å². The lowest BCUT2D eigenvalue weighted by Crippen LogP contribution is -2.32. The Morgan fingerprint density at radius 2 is 1.80 bits per heavy atom. The second-order valence-electron chi connectivity index (χ2n) is 5.55. The van der Waals surface area contributed by atoms with E-state index >= 15 is 0 Å². The van der Waals surface area contributed by atoms with Crippen molar-refractivity contribution in [2.75, 3.05) is 11.5 Å². The van der Waals surface area contributed by atoms with E-state index in [1.54, 1.807) is 6.92 Å². The molecule has 1 aliphatic rings. The Balaban J connectivity index is 2.09. The fourth-order valence-corrected chi connectivity index (χ4v) is 3.78. The molecule has 1 N–H and O–H groups in total. The highest BCUT2D eigenvalue weighted by atomic mass is 32.2. The van der Waals surface area contributed by atoms with Crippen LogP contribution in [-0.2, 0) is 27.5 Å². The first kappa shape index (κ1) is 15.0. The summed E-state index contributed by atoms with van der Waals surface area (Å²) in [5.74, 6) is -0.620. The van der Waals surface area contributed by atoms with Gasteiger partial charge < -0.3 is 5.11 Å². The zero-order valence-corrected chi connectivity index (χ0v) is 12.4. The fraction of sp³-hybridized carbons (Fsp3) is 0.533. The number of aliphatic carboxylic acids is 1. The summed E-state index contributed by atoms with van der Waals surface area (Å²) in [6, 6.07) is 7.75. The first-order valence-corrected chi connectivity index (χ1v) is 8.71. The van der Waals surface area contributed by atoms with E-state index in [0.717, 1.165) is 11.1 Å². The lowest BCUT2D eigenvalue weighted by Gasteiger charge is -2.23. The SMILES string of the molecule is CCS(=O)(=O)CCCC1(C(=O)O)Cc2ccccc2C1. The molecule has 0 radical (unpaired) electrons. The Morgan fingerprint density at radius 3 is 2.25 bits per heavy atom. The third-order valence-corrected chi connectivity index (χ3v) is 5.97. The van der Waals surface area contributed by atoms with Crippen LogP contribution in [0.5, 0.6) is 0 Å². The monoisotopic (exact) mass is 296 g/mol. The molecular weight excluding hydrogens is 276 g/mol. The standard InChI is InChI=1S/C15H20O4S/c1-2-20(18,19)9-5-8-15(14(16)17)10-12-6-3-4-7-13(12)11-15/h3-4,6-7H,2,5,8-11H2,1H3,(H,16,17). The molecule has 0 bridgehead atoms. The smallest absolute Gasteiger partial charge is 0.310 e. The molecule has 1 aromatic rings. The van der Waals surface area contributed by atoms with Gasteiger partial charge in [-0.15, -0.1) is 0 Å². The zero-order valence-electron chi connectivity index (χ0n) is 11.6. The van der Waals surface area contributed by atoms with Gasteiger partial charge in [0.05, 0.1) is 11.2 Å². The van der Waals surface area contributed by atoms with Gasteiger partial charge in [-0.1, -0.05) is 31.2 Å². The molecule has 1 aliphatic carbocycles. The molecule has 1 aromatic carbocycles. The Labute approximate surface area is 119 Å². The van der Waals surface area contributed by atoms with Crippen LogP contribution in [0.15, 0.2) is 24.3 Å². The molecule has 4 nitrogen and oxygen atoms in total. The average molecular weight is 296 g/mol. The second kappa shape index (κ2) is 5.56. The van der Waals surface area contributed by atoms with Gasteiger partial charge in [0.2, 0.25) is 0 Å². The molecule has 0 unspecified atom stereocenters. The molecule has 20 heavy (non-hydrogen) atoms. The third kappa shape index (κ3) is 3.03. The van der Waals surface area contributed by atoms with Crippen LogP contribution in [0.25, 0.3) is 0 Å². The van der Waals surface area contributed by atoms with Crippen LogP contribution in [0.2, 0.25) is 0 Å². The summed E-state index contributed by atoms with van der Waals surface area (Å²) < 4.78 is 23.0. The molecular formula is C15H20O4S. The molecule has 5 heteroatoms. The summed E-state index contributed by atoms with van der Waals surface area (Å²) in [4.78, 5) is 11.7. The van der Waals surface area contributed by atoms with Crippen LogP contribution >= 0.6 is 0 Å². The minimum atomic E-state index is -3.02. The molecule has 0 saturated heterocycles. The van der Waals surface area contributed by atoms with Gasteiger partial charge in [-0.2, -0.15) is 0 Å². The Hall–Kier alpha value is -1.36. The predicted molar refractivity (Wildman–Crippen MR) is 77.5 cm³/mol. The lowest BCUT2D eigenvalue weighted by atomic mass is 9.80. The van der Waals surface area contributed by atoms with Crippen LogP contribution < -0.4 is 0 Å². The van der Waals surface area contributed by atoms with Gasteiger partial charge in [-0.3, -0.25) is 4.79 Å². The summed E-state index contributed by atoms with van der Waals surface area (Å²) in [6.45, 7) is 1.62. The van der Waals surface area contributed by atoms with E-state index in [1.165, 1.54) is 0 Å². The van der Waals surface area contributed by atoms with Crippen molar-refractivity contribution in [2.24, 2.45) is 5.41 Å². The number of rotatable bonds is 6. The number of hydrogen-bond acceptors (Lipinski definition) is 3. The van der Waals surface area contributed by atoms with Crippen LogP contribution in [0.3, 0.4) is 0 Å². The highest BCUT2D eigenvalue weighted by molar-refractivity contribution is 7.91. The van der Waals surface area contributed by atoms with E-state index in [4.69, 9.17) is 0 Å². The predicted octanol–water partition coefficient (Wildman–Crippen LogP) is 2.07. The number of carbonyl (C=O) groups is 1. The maximum Gasteiger partial charge on any atom is 0.310 e. The quantitative estimate of drug-likeness (QED) is 0.872. The van der Waals surface area contributed by atoms with E-state index in [0.29, 0.717) is 25.7 Å². The van der Waals surface area contributed by atoms with Crippen molar-refractivity contribution < 1.29 is 18.3 Å². The van der Waals surface area contributed by atoms with Gasteiger partial charge in [-0.25, -0.2) is 8.42 Å². The van der Waals surface area contributed by atoms with Crippen LogP contribution in [-0.4, -0.2) is 31.0 Å². The number of hydrogen-bond donors (Lipinski definition) is 1. The number of carboxylic acid groups (broad SMARTS) is 1. The zero-order chi connectivity index (χ0) is 14.8. The maximum absolute atomic E-state index is 11.7. The van der Waals surface area contributed by atoms with Crippen molar-refractivity contribution in [3.05, 3.63) is 35.4 Å². The summed E-state index contributed by atoms with van der Waals surface area (Å²) in [5, 5.41) is 9.57. The molecule has 0 aliphatic heterocycles. The molecule has 0 saturated carbocycles. The van der Waals surface area contributed by atoms with Crippen molar-refractivity contribution in [2.45, 2.75) is 32.6 Å². The van der Waals surface area contributed by atoms with Crippen molar-refractivity contribution >= 4 is 15.8 Å². The first-order chi connectivity index (χ1) is 9.38. The molecule has 0 aromatic heterocycles. The van der Waals surface area contributed by atoms with Gasteiger partial charge in [0.1, 0.15) is 9.84 Å². The molecule has 0 heterocycles. The van der Waals surface area contributed by atoms with Crippen molar-refractivity contribution in [1.29, 1.82) is 0 Å². The number of sulfone groups is 1.